The number of aromatic nitrogens is 4. The number of rotatable bonds is 6. The van der Waals surface area contributed by atoms with Crippen molar-refractivity contribution in [1.29, 1.82) is 0 Å². The van der Waals surface area contributed by atoms with Crippen molar-refractivity contribution in [3.8, 4) is 0 Å². The summed E-state index contributed by atoms with van der Waals surface area (Å²) in [5.74, 6) is -1.56. The van der Waals surface area contributed by atoms with Crippen LogP contribution in [-0.4, -0.2) is 67.8 Å². The lowest BCUT2D eigenvalue weighted by Crippen LogP contribution is -2.41. The number of fused-ring (bicyclic) bond motifs is 1. The summed E-state index contributed by atoms with van der Waals surface area (Å²) >= 11 is 0. The predicted molar refractivity (Wildman–Crippen MR) is 101 cm³/mol. The number of aromatic amines is 2. The molecule has 4 N–H and O–H groups in total. The number of H-pyrrole nitrogens is 2. The highest BCUT2D eigenvalue weighted by atomic mass is 16.8. The Morgan fingerprint density at radius 2 is 2.10 bits per heavy atom. The number of amides is 1. The van der Waals surface area contributed by atoms with Gasteiger partial charge < -0.3 is 29.6 Å². The van der Waals surface area contributed by atoms with E-state index in [2.05, 4.69) is 20.3 Å². The van der Waals surface area contributed by atoms with Crippen LogP contribution < -0.4 is 16.6 Å². The van der Waals surface area contributed by atoms with Crippen molar-refractivity contribution in [2.24, 2.45) is 0 Å². The number of hydrogen-bond acceptors (Lipinski definition) is 8. The van der Waals surface area contributed by atoms with E-state index in [1.54, 1.807) is 20.0 Å². The van der Waals surface area contributed by atoms with Crippen molar-refractivity contribution >= 4 is 5.91 Å². The molecule has 12 nitrogen and oxygen atoms in total. The summed E-state index contributed by atoms with van der Waals surface area (Å²) in [5.41, 5.74) is -0.988. The Bertz CT molecular complexity index is 1030. The predicted octanol–water partition coefficient (Wildman–Crippen LogP) is -1.36. The van der Waals surface area contributed by atoms with E-state index in [1.165, 1.54) is 6.33 Å². The average Bonchev–Trinajstić information content (AvgIpc) is 3.37. The topological polar surface area (TPSA) is 161 Å². The van der Waals surface area contributed by atoms with Gasteiger partial charge in [0.2, 0.25) is 0 Å². The van der Waals surface area contributed by atoms with Gasteiger partial charge >= 0.3 is 5.69 Å². The molecule has 162 valence electrons. The van der Waals surface area contributed by atoms with Gasteiger partial charge in [0.15, 0.2) is 12.0 Å². The molecule has 0 aliphatic carbocycles. The number of carbonyl (C=O) groups excluding carboxylic acids is 1. The van der Waals surface area contributed by atoms with Gasteiger partial charge in [-0.1, -0.05) is 0 Å². The Kier molecular flexibility index (Phi) is 5.32. The minimum Gasteiger partial charge on any atom is -0.394 e. The monoisotopic (exact) mass is 421 g/mol. The van der Waals surface area contributed by atoms with Crippen molar-refractivity contribution in [2.75, 3.05) is 13.2 Å². The van der Waals surface area contributed by atoms with E-state index in [0.29, 0.717) is 6.42 Å². The largest absolute Gasteiger partial charge is 0.394 e. The van der Waals surface area contributed by atoms with E-state index < -0.39 is 47.5 Å². The maximum Gasteiger partial charge on any atom is 0.330 e. The number of carbonyl (C=O) groups is 1. The zero-order valence-corrected chi connectivity index (χ0v) is 16.5. The zero-order chi connectivity index (χ0) is 21.5. The molecule has 0 saturated carbocycles. The van der Waals surface area contributed by atoms with Gasteiger partial charge in [-0.3, -0.25) is 19.1 Å². The van der Waals surface area contributed by atoms with Crippen molar-refractivity contribution in [1.82, 2.24) is 24.8 Å². The van der Waals surface area contributed by atoms with E-state index in [9.17, 15) is 19.5 Å². The Hall–Kier alpha value is -2.80. The van der Waals surface area contributed by atoms with Crippen LogP contribution in [0.2, 0.25) is 0 Å². The summed E-state index contributed by atoms with van der Waals surface area (Å²) in [7, 11) is 0. The van der Waals surface area contributed by atoms with E-state index >= 15 is 0 Å². The molecule has 4 rings (SSSR count). The lowest BCUT2D eigenvalue weighted by atomic mass is 10.1. The molecular formula is C18H23N5O7. The fourth-order valence-corrected chi connectivity index (χ4v) is 3.69. The molecule has 1 amide bonds. The number of hydrogen-bond donors (Lipinski definition) is 4. The van der Waals surface area contributed by atoms with Crippen LogP contribution in [0.25, 0.3) is 0 Å². The Morgan fingerprint density at radius 3 is 2.80 bits per heavy atom. The van der Waals surface area contributed by atoms with Crippen LogP contribution in [0.5, 0.6) is 0 Å². The molecule has 12 heteroatoms. The average molecular weight is 421 g/mol. The molecule has 2 aromatic rings. The van der Waals surface area contributed by atoms with Crippen LogP contribution >= 0.6 is 0 Å². The highest BCUT2D eigenvalue weighted by Crippen LogP contribution is 2.42. The molecule has 0 radical (unpaired) electrons. The molecule has 4 heterocycles. The lowest BCUT2D eigenvalue weighted by Gasteiger charge is -2.24. The third kappa shape index (κ3) is 3.81. The third-order valence-electron chi connectivity index (χ3n) is 5.03. The second-order valence-electron chi connectivity index (χ2n) is 7.60. The number of nitrogens with one attached hydrogen (secondary N) is 3. The summed E-state index contributed by atoms with van der Waals surface area (Å²) in [6, 6.07) is 0. The molecule has 4 unspecified atom stereocenters. The summed E-state index contributed by atoms with van der Waals surface area (Å²) < 4.78 is 18.4. The van der Waals surface area contributed by atoms with Crippen LogP contribution in [-0.2, 0) is 20.6 Å². The molecule has 0 aromatic carbocycles. The van der Waals surface area contributed by atoms with Gasteiger partial charge in [-0.15, -0.1) is 0 Å². The first-order chi connectivity index (χ1) is 14.3. The Balaban J connectivity index is 1.56. The van der Waals surface area contributed by atoms with Gasteiger partial charge in [0, 0.05) is 31.1 Å². The molecule has 2 fully saturated rings. The highest BCUT2D eigenvalue weighted by molar-refractivity contribution is 5.93. The SMILES string of the molecule is CC1(C)OC2C(CO)OC(n3cc(C(=O)NCCc4cnc[nH]4)c(=O)[nH]c3=O)C2O1. The first kappa shape index (κ1) is 20.5. The lowest BCUT2D eigenvalue weighted by molar-refractivity contribution is -0.200. The quantitative estimate of drug-likeness (QED) is 0.445. The number of aliphatic hydroxyl groups is 1. The van der Waals surface area contributed by atoms with Gasteiger partial charge in [-0.2, -0.15) is 0 Å². The van der Waals surface area contributed by atoms with Gasteiger partial charge in [-0.25, -0.2) is 9.78 Å². The van der Waals surface area contributed by atoms with Crippen molar-refractivity contribution in [3.05, 3.63) is 50.8 Å². The molecule has 2 aliphatic heterocycles. The highest BCUT2D eigenvalue weighted by Gasteiger charge is 2.56. The Labute approximate surface area is 170 Å². The summed E-state index contributed by atoms with van der Waals surface area (Å²) in [6.45, 7) is 3.36. The normalized spacial score (nSPS) is 27.2. The Morgan fingerprint density at radius 1 is 1.33 bits per heavy atom. The van der Waals surface area contributed by atoms with Crippen LogP contribution in [0.3, 0.4) is 0 Å². The molecule has 0 bridgehead atoms. The minimum absolute atomic E-state index is 0.245. The van der Waals surface area contributed by atoms with E-state index in [4.69, 9.17) is 14.2 Å². The summed E-state index contributed by atoms with van der Waals surface area (Å²) in [4.78, 5) is 46.1. The maximum absolute atomic E-state index is 12.5. The second kappa shape index (κ2) is 7.80. The van der Waals surface area contributed by atoms with Gasteiger partial charge in [0.25, 0.3) is 11.5 Å². The van der Waals surface area contributed by atoms with Gasteiger partial charge in [0.1, 0.15) is 23.9 Å². The zero-order valence-electron chi connectivity index (χ0n) is 16.5. The van der Waals surface area contributed by atoms with Crippen LogP contribution in [0, 0.1) is 0 Å². The molecule has 2 saturated heterocycles. The van der Waals surface area contributed by atoms with E-state index in [0.717, 1.165) is 16.5 Å². The fraction of sp³-hybridized carbons (Fsp3) is 0.556. The van der Waals surface area contributed by atoms with Crippen LogP contribution in [0.15, 0.2) is 28.3 Å². The molecule has 4 atom stereocenters. The first-order valence-electron chi connectivity index (χ1n) is 9.52. The van der Waals surface area contributed by atoms with Crippen molar-refractivity contribution < 1.29 is 24.1 Å². The molecule has 2 aromatic heterocycles. The van der Waals surface area contributed by atoms with Crippen LogP contribution in [0.4, 0.5) is 0 Å². The first-order valence-corrected chi connectivity index (χ1v) is 9.52. The smallest absolute Gasteiger partial charge is 0.330 e. The summed E-state index contributed by atoms with van der Waals surface area (Å²) in [5, 5.41) is 12.2. The molecule has 30 heavy (non-hydrogen) atoms. The van der Waals surface area contributed by atoms with Crippen molar-refractivity contribution in [3.63, 3.8) is 0 Å². The third-order valence-corrected chi connectivity index (χ3v) is 5.03. The number of imidazole rings is 1. The fourth-order valence-electron chi connectivity index (χ4n) is 3.69. The summed E-state index contributed by atoms with van der Waals surface area (Å²) in [6.07, 6.45) is 1.82. The molecular weight excluding hydrogens is 398 g/mol. The maximum atomic E-state index is 12.5. The second-order valence-corrected chi connectivity index (χ2v) is 7.60. The molecule has 0 spiro atoms. The van der Waals surface area contributed by atoms with Gasteiger partial charge in [-0.05, 0) is 13.8 Å². The van der Waals surface area contributed by atoms with Gasteiger partial charge in [0.05, 0.1) is 12.9 Å². The number of aliphatic hydroxyl groups excluding tert-OH is 1. The van der Waals surface area contributed by atoms with E-state index in [1.807, 2.05) is 0 Å². The minimum atomic E-state index is -0.977. The van der Waals surface area contributed by atoms with E-state index in [-0.39, 0.29) is 18.7 Å². The molecule has 2 aliphatic rings. The number of nitrogens with zero attached hydrogens (tertiary/aromatic N) is 2. The van der Waals surface area contributed by atoms with Crippen LogP contribution in [0.1, 0.15) is 36.1 Å². The number of ether oxygens (including phenoxy) is 3. The van der Waals surface area contributed by atoms with Crippen molar-refractivity contribution in [2.45, 2.75) is 50.6 Å². The standard InChI is InChI=1S/C18H23N5O7/c1-18(2)29-12-11(7-24)28-16(13(12)30-18)23-6-10(15(26)22-17(23)27)14(25)20-4-3-9-5-19-8-21-9/h5-6,8,11-13,16,24H,3-4,7H2,1-2H3,(H,19,21)(H,20,25)(H,22,26,27).